The van der Waals surface area contributed by atoms with Crippen LogP contribution in [0.25, 0.3) is 0 Å². The van der Waals surface area contributed by atoms with Crippen LogP contribution < -0.4 is 0 Å². The highest BCUT2D eigenvalue weighted by atomic mass is 16.4. The monoisotopic (exact) mass is 236 g/mol. The summed E-state index contributed by atoms with van der Waals surface area (Å²) in [4.78, 5) is 10.9. The van der Waals surface area contributed by atoms with Crippen molar-refractivity contribution in [1.29, 1.82) is 0 Å². The Morgan fingerprint density at radius 2 is 2.24 bits per heavy atom. The highest BCUT2D eigenvalue weighted by Crippen LogP contribution is 2.36. The molecule has 1 fully saturated rings. The number of aromatic nitrogens is 2. The first-order chi connectivity index (χ1) is 8.09. The van der Waals surface area contributed by atoms with Crippen LogP contribution in [-0.4, -0.2) is 20.9 Å². The normalized spacial score (nSPS) is 18.5. The Kier molecular flexibility index (Phi) is 3.50. The summed E-state index contributed by atoms with van der Waals surface area (Å²) >= 11 is 0. The van der Waals surface area contributed by atoms with E-state index in [4.69, 9.17) is 5.11 Å². The summed E-state index contributed by atoms with van der Waals surface area (Å²) in [5, 5.41) is 13.3. The molecule has 2 rings (SSSR count). The van der Waals surface area contributed by atoms with Gasteiger partial charge in [0.05, 0.1) is 12.1 Å². The quantitative estimate of drug-likeness (QED) is 0.873. The molecule has 0 spiro atoms. The van der Waals surface area contributed by atoms with Crippen molar-refractivity contribution >= 4 is 5.97 Å². The zero-order valence-electron chi connectivity index (χ0n) is 10.5. The lowest BCUT2D eigenvalue weighted by molar-refractivity contribution is -0.141. The third-order valence-electron chi connectivity index (χ3n) is 3.81. The van der Waals surface area contributed by atoms with Gasteiger partial charge in [-0.15, -0.1) is 0 Å². The molecule has 0 aliphatic heterocycles. The lowest BCUT2D eigenvalue weighted by atomic mass is 9.94. The molecule has 0 amide bonds. The van der Waals surface area contributed by atoms with E-state index in [0.29, 0.717) is 12.3 Å². The van der Waals surface area contributed by atoms with E-state index < -0.39 is 5.97 Å². The molecule has 1 aliphatic carbocycles. The van der Waals surface area contributed by atoms with Gasteiger partial charge in [-0.3, -0.25) is 9.48 Å². The lowest BCUT2D eigenvalue weighted by Gasteiger charge is -2.13. The Hall–Kier alpha value is -1.32. The van der Waals surface area contributed by atoms with Crippen LogP contribution in [0.3, 0.4) is 0 Å². The summed E-state index contributed by atoms with van der Waals surface area (Å²) in [5.41, 5.74) is 2.38. The van der Waals surface area contributed by atoms with Gasteiger partial charge >= 0.3 is 5.97 Å². The van der Waals surface area contributed by atoms with Crippen LogP contribution in [0.15, 0.2) is 6.20 Å². The van der Waals surface area contributed by atoms with E-state index in [1.807, 2.05) is 17.9 Å². The Bertz CT molecular complexity index is 406. The fourth-order valence-electron chi connectivity index (χ4n) is 2.68. The van der Waals surface area contributed by atoms with Crippen molar-refractivity contribution in [2.75, 3.05) is 0 Å². The summed E-state index contributed by atoms with van der Waals surface area (Å²) in [6.07, 6.45) is 7.53. The second-order valence-electron chi connectivity index (χ2n) is 5.10. The number of rotatable bonds is 4. The summed E-state index contributed by atoms with van der Waals surface area (Å²) < 4.78 is 1.84. The van der Waals surface area contributed by atoms with Gasteiger partial charge in [-0.05, 0) is 24.3 Å². The number of carboxylic acid groups (broad SMARTS) is 1. The molecular formula is C13H20N2O2. The van der Waals surface area contributed by atoms with Crippen molar-refractivity contribution < 1.29 is 9.90 Å². The van der Waals surface area contributed by atoms with Gasteiger partial charge in [-0.2, -0.15) is 5.10 Å². The molecule has 1 unspecified atom stereocenters. The summed E-state index contributed by atoms with van der Waals surface area (Å²) in [7, 11) is 1.91. The molecule has 0 bridgehead atoms. The van der Waals surface area contributed by atoms with Crippen molar-refractivity contribution in [1.82, 2.24) is 9.78 Å². The van der Waals surface area contributed by atoms with E-state index in [-0.39, 0.29) is 5.92 Å². The smallest absolute Gasteiger partial charge is 0.306 e. The van der Waals surface area contributed by atoms with E-state index in [0.717, 1.165) is 5.69 Å². The zero-order chi connectivity index (χ0) is 12.4. The van der Waals surface area contributed by atoms with Crippen molar-refractivity contribution in [2.24, 2.45) is 13.0 Å². The van der Waals surface area contributed by atoms with Crippen molar-refractivity contribution in [2.45, 2.75) is 44.9 Å². The van der Waals surface area contributed by atoms with Crippen molar-refractivity contribution in [3.8, 4) is 0 Å². The maximum atomic E-state index is 10.9. The maximum Gasteiger partial charge on any atom is 0.306 e. The molecule has 1 atom stereocenters. The summed E-state index contributed by atoms with van der Waals surface area (Å²) in [5.74, 6) is -0.478. The molecule has 94 valence electrons. The third-order valence-corrected chi connectivity index (χ3v) is 3.81. The fourth-order valence-corrected chi connectivity index (χ4v) is 2.68. The first kappa shape index (κ1) is 12.1. The number of carboxylic acids is 1. The molecule has 1 heterocycles. The zero-order valence-corrected chi connectivity index (χ0v) is 10.5. The molecule has 0 aromatic carbocycles. The average molecular weight is 236 g/mol. The second kappa shape index (κ2) is 4.90. The molecule has 1 aliphatic rings. The van der Waals surface area contributed by atoms with E-state index in [2.05, 4.69) is 5.10 Å². The van der Waals surface area contributed by atoms with Crippen LogP contribution in [-0.2, 0) is 18.3 Å². The van der Waals surface area contributed by atoms with E-state index in [9.17, 15) is 4.79 Å². The summed E-state index contributed by atoms with van der Waals surface area (Å²) in [6, 6.07) is 0. The minimum absolute atomic E-state index is 0.342. The van der Waals surface area contributed by atoms with Crippen LogP contribution >= 0.6 is 0 Å². The van der Waals surface area contributed by atoms with Gasteiger partial charge in [-0.25, -0.2) is 0 Å². The first-order valence-electron chi connectivity index (χ1n) is 6.33. The number of hydrogen-bond acceptors (Lipinski definition) is 2. The van der Waals surface area contributed by atoms with Crippen LogP contribution in [0.1, 0.15) is 49.8 Å². The SMILES string of the molecule is CC(Cc1c(C2CCCC2)cnn1C)C(=O)O. The van der Waals surface area contributed by atoms with E-state index >= 15 is 0 Å². The highest BCUT2D eigenvalue weighted by molar-refractivity contribution is 5.69. The number of aliphatic carboxylic acids is 1. The first-order valence-corrected chi connectivity index (χ1v) is 6.33. The minimum atomic E-state index is -0.733. The summed E-state index contributed by atoms with van der Waals surface area (Å²) in [6.45, 7) is 1.76. The lowest BCUT2D eigenvalue weighted by Crippen LogP contribution is -2.16. The molecule has 1 aromatic rings. The third kappa shape index (κ3) is 2.51. The molecule has 0 saturated heterocycles. The van der Waals surface area contributed by atoms with Crippen LogP contribution in [0.5, 0.6) is 0 Å². The number of aryl methyl sites for hydroxylation is 1. The molecule has 0 radical (unpaired) electrons. The second-order valence-corrected chi connectivity index (χ2v) is 5.10. The van der Waals surface area contributed by atoms with Gasteiger partial charge in [0.25, 0.3) is 0 Å². The maximum absolute atomic E-state index is 10.9. The largest absolute Gasteiger partial charge is 0.481 e. The van der Waals surface area contributed by atoms with Gasteiger partial charge in [-0.1, -0.05) is 19.8 Å². The molecule has 1 N–H and O–H groups in total. The molecule has 1 aromatic heterocycles. The fraction of sp³-hybridized carbons (Fsp3) is 0.692. The van der Waals surface area contributed by atoms with Crippen molar-refractivity contribution in [3.63, 3.8) is 0 Å². The van der Waals surface area contributed by atoms with E-state index in [1.54, 1.807) is 6.92 Å². The number of hydrogen-bond donors (Lipinski definition) is 1. The average Bonchev–Trinajstić information content (AvgIpc) is 2.89. The highest BCUT2D eigenvalue weighted by Gasteiger charge is 2.24. The molecule has 4 heteroatoms. The molecule has 1 saturated carbocycles. The van der Waals surface area contributed by atoms with Gasteiger partial charge < -0.3 is 5.11 Å². The Balaban J connectivity index is 2.19. The van der Waals surface area contributed by atoms with Crippen molar-refractivity contribution in [3.05, 3.63) is 17.5 Å². The Morgan fingerprint density at radius 3 is 2.82 bits per heavy atom. The van der Waals surface area contributed by atoms with Gasteiger partial charge in [0.15, 0.2) is 0 Å². The Morgan fingerprint density at radius 1 is 1.59 bits per heavy atom. The van der Waals surface area contributed by atoms with Gasteiger partial charge in [0.2, 0.25) is 0 Å². The predicted octanol–water partition coefficient (Wildman–Crippen LogP) is 2.34. The minimum Gasteiger partial charge on any atom is -0.481 e. The number of carbonyl (C=O) groups is 1. The molecular weight excluding hydrogens is 216 g/mol. The standard InChI is InChI=1S/C13H20N2O2/c1-9(13(16)17)7-12-11(8-14-15(12)2)10-5-3-4-6-10/h8-10H,3-7H2,1-2H3,(H,16,17). The van der Waals surface area contributed by atoms with Gasteiger partial charge in [0.1, 0.15) is 0 Å². The predicted molar refractivity (Wildman–Crippen MR) is 64.9 cm³/mol. The molecule has 4 nitrogen and oxygen atoms in total. The van der Waals surface area contributed by atoms with Gasteiger partial charge in [0, 0.05) is 19.2 Å². The van der Waals surface area contributed by atoms with Crippen LogP contribution in [0.2, 0.25) is 0 Å². The number of nitrogens with zero attached hydrogens (tertiary/aromatic N) is 2. The van der Waals surface area contributed by atoms with E-state index in [1.165, 1.54) is 31.2 Å². The Labute approximate surface area is 102 Å². The molecule has 17 heavy (non-hydrogen) atoms. The van der Waals surface area contributed by atoms with Crippen LogP contribution in [0.4, 0.5) is 0 Å². The topological polar surface area (TPSA) is 55.1 Å². The van der Waals surface area contributed by atoms with Crippen LogP contribution in [0, 0.1) is 5.92 Å².